The highest BCUT2D eigenvalue weighted by Gasteiger charge is 2.46. The first-order chi connectivity index (χ1) is 9.48. The molecular weight excluding hydrogens is 292 g/mol. The Balaban J connectivity index is 5.61. The van der Waals surface area contributed by atoms with Crippen molar-refractivity contribution >= 4 is 29.8 Å². The number of esters is 2. The number of hydrogen-bond donors (Lipinski definition) is 4. The van der Waals surface area contributed by atoms with Gasteiger partial charge in [0.25, 0.3) is 0 Å². The average molecular weight is 306 g/mol. The number of aliphatic carboxylic acids is 3. The van der Waals surface area contributed by atoms with Crippen molar-refractivity contribution in [1.29, 1.82) is 0 Å². The maximum atomic E-state index is 11.8. The fourth-order valence-electron chi connectivity index (χ4n) is 1.43. The Bertz CT molecular complexity index is 459. The summed E-state index contributed by atoms with van der Waals surface area (Å²) in [5, 5.41) is 26.2. The highest BCUT2D eigenvalue weighted by atomic mass is 16.6. The Kier molecular flexibility index (Phi) is 6.42. The van der Waals surface area contributed by atoms with Crippen molar-refractivity contribution in [1.82, 2.24) is 4.90 Å². The first-order valence-corrected chi connectivity index (χ1v) is 5.41. The molecule has 0 aromatic heterocycles. The van der Waals surface area contributed by atoms with E-state index < -0.39 is 55.0 Å². The summed E-state index contributed by atoms with van der Waals surface area (Å²) in [6.07, 6.45) is -1.15. The number of rotatable bonds is 8. The van der Waals surface area contributed by atoms with Crippen molar-refractivity contribution in [3.05, 3.63) is 0 Å². The molecule has 11 nitrogen and oxygen atoms in total. The second kappa shape index (κ2) is 7.31. The van der Waals surface area contributed by atoms with Crippen LogP contribution in [0.2, 0.25) is 0 Å². The van der Waals surface area contributed by atoms with E-state index in [0.717, 1.165) is 6.92 Å². The monoisotopic (exact) mass is 306 g/mol. The zero-order valence-electron chi connectivity index (χ0n) is 10.9. The molecular formula is C10H14N2O9. The van der Waals surface area contributed by atoms with Gasteiger partial charge in [0.15, 0.2) is 5.66 Å². The quantitative estimate of drug-likeness (QED) is 0.214. The predicted molar refractivity (Wildman–Crippen MR) is 62.8 cm³/mol. The number of hydrogen-bond acceptors (Lipinski definition) is 8. The topological polar surface area (TPSA) is 185 Å². The number of nitrogens with zero attached hydrogens (tertiary/aromatic N) is 1. The summed E-state index contributed by atoms with van der Waals surface area (Å²) in [6, 6.07) is 0. The fraction of sp³-hybridized carbons (Fsp3) is 0.500. The van der Waals surface area contributed by atoms with E-state index in [2.05, 4.69) is 4.74 Å². The van der Waals surface area contributed by atoms with Gasteiger partial charge >= 0.3 is 29.8 Å². The summed E-state index contributed by atoms with van der Waals surface area (Å²) < 4.78 is 4.17. The van der Waals surface area contributed by atoms with E-state index in [1.165, 1.54) is 0 Å². The molecule has 0 saturated carbocycles. The lowest BCUT2D eigenvalue weighted by Gasteiger charge is -2.35. The molecule has 0 rings (SSSR count). The van der Waals surface area contributed by atoms with Crippen LogP contribution in [-0.4, -0.2) is 68.8 Å². The van der Waals surface area contributed by atoms with E-state index in [-0.39, 0.29) is 0 Å². The summed E-state index contributed by atoms with van der Waals surface area (Å²) in [4.78, 5) is 55.1. The van der Waals surface area contributed by atoms with Crippen LogP contribution in [0.25, 0.3) is 0 Å². The van der Waals surface area contributed by atoms with Gasteiger partial charge in [-0.25, -0.2) is 4.79 Å². The van der Waals surface area contributed by atoms with Gasteiger partial charge in [-0.1, -0.05) is 0 Å². The molecule has 0 amide bonds. The van der Waals surface area contributed by atoms with E-state index in [1.54, 1.807) is 0 Å². The molecule has 0 aromatic carbocycles. The van der Waals surface area contributed by atoms with Gasteiger partial charge in [0.2, 0.25) is 0 Å². The molecule has 11 heteroatoms. The third-order valence-corrected chi connectivity index (χ3v) is 2.23. The van der Waals surface area contributed by atoms with Crippen molar-refractivity contribution in [3.8, 4) is 0 Å². The maximum absolute atomic E-state index is 11.8. The standard InChI is InChI=1S/C10H14N2O9/c1-5(13)21-9(20)10(11,2-6(14)15)12(3-7(16)17)4-8(18)19/h2-4,11H2,1H3,(H,14,15)(H,16,17)(H,18,19). The van der Waals surface area contributed by atoms with Gasteiger partial charge in [-0.2, -0.15) is 0 Å². The van der Waals surface area contributed by atoms with Gasteiger partial charge in [-0.05, 0) is 0 Å². The highest BCUT2D eigenvalue weighted by Crippen LogP contribution is 2.16. The van der Waals surface area contributed by atoms with E-state index in [0.29, 0.717) is 4.90 Å². The summed E-state index contributed by atoms with van der Waals surface area (Å²) in [5.41, 5.74) is 2.91. The van der Waals surface area contributed by atoms with E-state index in [9.17, 15) is 24.0 Å². The molecule has 21 heavy (non-hydrogen) atoms. The summed E-state index contributed by atoms with van der Waals surface area (Å²) >= 11 is 0. The molecule has 0 spiro atoms. The first-order valence-electron chi connectivity index (χ1n) is 5.41. The van der Waals surface area contributed by atoms with Gasteiger partial charge in [0.1, 0.15) is 0 Å². The lowest BCUT2D eigenvalue weighted by molar-refractivity contribution is -0.172. The van der Waals surface area contributed by atoms with Crippen LogP contribution in [0.1, 0.15) is 13.3 Å². The fourth-order valence-corrected chi connectivity index (χ4v) is 1.43. The molecule has 1 unspecified atom stereocenters. The molecule has 0 fully saturated rings. The molecule has 1 atom stereocenters. The Morgan fingerprint density at radius 1 is 1.00 bits per heavy atom. The van der Waals surface area contributed by atoms with Crippen molar-refractivity contribution in [2.75, 3.05) is 13.1 Å². The van der Waals surface area contributed by atoms with Crippen molar-refractivity contribution < 1.29 is 44.0 Å². The predicted octanol–water partition coefficient (Wildman–Crippen LogP) is -2.32. The minimum Gasteiger partial charge on any atom is -0.481 e. The number of nitrogens with two attached hydrogens (primary N) is 1. The van der Waals surface area contributed by atoms with E-state index in [1.807, 2.05) is 0 Å². The zero-order chi connectivity index (χ0) is 16.8. The van der Waals surface area contributed by atoms with Crippen LogP contribution in [0, 0.1) is 0 Å². The lowest BCUT2D eigenvalue weighted by Crippen LogP contribution is -2.65. The van der Waals surface area contributed by atoms with Gasteiger partial charge in [0.05, 0.1) is 19.5 Å². The smallest absolute Gasteiger partial charge is 0.349 e. The third-order valence-electron chi connectivity index (χ3n) is 2.23. The van der Waals surface area contributed by atoms with Crippen LogP contribution >= 0.6 is 0 Å². The minimum absolute atomic E-state index is 0.386. The van der Waals surface area contributed by atoms with Gasteiger partial charge in [0, 0.05) is 6.92 Å². The number of carbonyl (C=O) groups excluding carboxylic acids is 2. The molecule has 118 valence electrons. The van der Waals surface area contributed by atoms with Crippen LogP contribution in [0.4, 0.5) is 0 Å². The second-order valence-corrected chi connectivity index (χ2v) is 4.02. The van der Waals surface area contributed by atoms with Gasteiger partial charge in [-0.3, -0.25) is 24.1 Å². The lowest BCUT2D eigenvalue weighted by atomic mass is 10.0. The molecule has 0 saturated heterocycles. The Morgan fingerprint density at radius 2 is 1.43 bits per heavy atom. The third kappa shape index (κ3) is 5.97. The second-order valence-electron chi connectivity index (χ2n) is 4.02. The van der Waals surface area contributed by atoms with Crippen LogP contribution in [-0.2, 0) is 28.7 Å². The van der Waals surface area contributed by atoms with Crippen molar-refractivity contribution in [2.24, 2.45) is 5.73 Å². The van der Waals surface area contributed by atoms with Crippen LogP contribution in [0.15, 0.2) is 0 Å². The summed E-state index contributed by atoms with van der Waals surface area (Å²) in [5.74, 6) is -7.37. The molecule has 0 radical (unpaired) electrons. The van der Waals surface area contributed by atoms with Crippen molar-refractivity contribution in [3.63, 3.8) is 0 Å². The normalized spacial score (nSPS) is 13.3. The Labute approximate surface area is 117 Å². The number of carbonyl (C=O) groups is 5. The van der Waals surface area contributed by atoms with Crippen LogP contribution in [0.3, 0.4) is 0 Å². The molecule has 0 aliphatic heterocycles. The molecule has 0 aromatic rings. The van der Waals surface area contributed by atoms with Crippen molar-refractivity contribution in [2.45, 2.75) is 19.0 Å². The largest absolute Gasteiger partial charge is 0.481 e. The average Bonchev–Trinajstić information content (AvgIpc) is 2.24. The Morgan fingerprint density at radius 3 is 1.71 bits per heavy atom. The first kappa shape index (κ1) is 18.5. The highest BCUT2D eigenvalue weighted by molar-refractivity contribution is 5.93. The molecule has 5 N–H and O–H groups in total. The van der Waals surface area contributed by atoms with E-state index in [4.69, 9.17) is 21.1 Å². The molecule has 0 aliphatic rings. The van der Waals surface area contributed by atoms with Crippen LogP contribution < -0.4 is 5.73 Å². The summed E-state index contributed by atoms with van der Waals surface area (Å²) in [7, 11) is 0. The number of ether oxygens (including phenoxy) is 1. The number of carboxylic acid groups (broad SMARTS) is 3. The summed E-state index contributed by atoms with van der Waals surface area (Å²) in [6.45, 7) is -1.23. The molecule has 0 heterocycles. The maximum Gasteiger partial charge on any atom is 0.349 e. The zero-order valence-corrected chi connectivity index (χ0v) is 10.9. The molecule has 0 bridgehead atoms. The van der Waals surface area contributed by atoms with Crippen LogP contribution in [0.5, 0.6) is 0 Å². The Hall–Kier alpha value is -2.53. The van der Waals surface area contributed by atoms with E-state index >= 15 is 0 Å². The van der Waals surface area contributed by atoms with Gasteiger partial charge < -0.3 is 25.8 Å². The SMILES string of the molecule is CC(=O)OC(=O)C(N)(CC(=O)O)N(CC(=O)O)CC(=O)O. The number of carboxylic acids is 3. The minimum atomic E-state index is -2.62. The van der Waals surface area contributed by atoms with Gasteiger partial charge in [-0.15, -0.1) is 0 Å². The molecule has 0 aliphatic carbocycles.